The van der Waals surface area contributed by atoms with Crippen LogP contribution in [0.1, 0.15) is 5.56 Å². The Bertz CT molecular complexity index is 652. The molecule has 104 valence electrons. The zero-order chi connectivity index (χ0) is 14.9. The van der Waals surface area contributed by atoms with Crippen LogP contribution in [0.25, 0.3) is 6.08 Å². The van der Waals surface area contributed by atoms with Crippen LogP contribution >= 0.6 is 0 Å². The maximum atomic E-state index is 11.4. The number of rotatable bonds is 3. The molecule has 0 saturated carbocycles. The largest absolute Gasteiger partial charge is 0.504 e. The third kappa shape index (κ3) is 2.36. The normalized spacial score (nSPS) is 15.9. The molecule has 1 saturated heterocycles. The van der Waals surface area contributed by atoms with E-state index in [-0.39, 0.29) is 28.4 Å². The monoisotopic (exact) mass is 279 g/mol. The molecule has 9 heteroatoms. The number of ether oxygens (including phenoxy) is 1. The second kappa shape index (κ2) is 4.88. The minimum Gasteiger partial charge on any atom is -0.504 e. The Morgan fingerprint density at radius 2 is 2.05 bits per heavy atom. The van der Waals surface area contributed by atoms with Gasteiger partial charge >= 0.3 is 6.03 Å². The van der Waals surface area contributed by atoms with Gasteiger partial charge in [-0.25, -0.2) is 4.79 Å². The SMILES string of the molecule is COc1cc([N+](=O)[O-])cc(/C=C2/NC(=O)NC2=O)c1O. The number of carbonyl (C=O) groups excluding carboxylic acids is 2. The lowest BCUT2D eigenvalue weighted by Crippen LogP contribution is -2.22. The number of amides is 3. The zero-order valence-electron chi connectivity index (χ0n) is 10.2. The number of phenols is 1. The van der Waals surface area contributed by atoms with Crippen molar-refractivity contribution in [2.75, 3.05) is 7.11 Å². The van der Waals surface area contributed by atoms with Crippen LogP contribution in [0.4, 0.5) is 10.5 Å². The van der Waals surface area contributed by atoms with Gasteiger partial charge in [0.05, 0.1) is 18.1 Å². The topological polar surface area (TPSA) is 131 Å². The van der Waals surface area contributed by atoms with Crippen molar-refractivity contribution in [3.05, 3.63) is 33.5 Å². The number of hydrogen-bond acceptors (Lipinski definition) is 6. The van der Waals surface area contributed by atoms with Crippen LogP contribution in [-0.4, -0.2) is 29.1 Å². The van der Waals surface area contributed by atoms with Crippen LogP contribution < -0.4 is 15.4 Å². The lowest BCUT2D eigenvalue weighted by molar-refractivity contribution is -0.385. The Morgan fingerprint density at radius 1 is 1.35 bits per heavy atom. The molecule has 0 unspecified atom stereocenters. The highest BCUT2D eigenvalue weighted by molar-refractivity contribution is 6.14. The van der Waals surface area contributed by atoms with Gasteiger partial charge in [-0.3, -0.25) is 20.2 Å². The van der Waals surface area contributed by atoms with Crippen molar-refractivity contribution in [1.29, 1.82) is 0 Å². The fraction of sp³-hybridized carbons (Fsp3) is 0.0909. The van der Waals surface area contributed by atoms with E-state index >= 15 is 0 Å². The van der Waals surface area contributed by atoms with E-state index in [9.17, 15) is 24.8 Å². The van der Waals surface area contributed by atoms with Crippen molar-refractivity contribution in [3.8, 4) is 11.5 Å². The summed E-state index contributed by atoms with van der Waals surface area (Å²) in [6.45, 7) is 0. The lowest BCUT2D eigenvalue weighted by Gasteiger charge is -2.06. The summed E-state index contributed by atoms with van der Waals surface area (Å²) >= 11 is 0. The molecule has 0 radical (unpaired) electrons. The number of nitro benzene ring substituents is 1. The van der Waals surface area contributed by atoms with E-state index in [1.165, 1.54) is 7.11 Å². The number of methoxy groups -OCH3 is 1. The first-order valence-corrected chi connectivity index (χ1v) is 5.32. The van der Waals surface area contributed by atoms with Gasteiger partial charge in [-0.15, -0.1) is 0 Å². The van der Waals surface area contributed by atoms with E-state index in [2.05, 4.69) is 5.32 Å². The van der Waals surface area contributed by atoms with Crippen LogP contribution in [0.2, 0.25) is 0 Å². The fourth-order valence-corrected chi connectivity index (χ4v) is 1.62. The number of nitrogens with one attached hydrogen (secondary N) is 2. The Labute approximate surface area is 112 Å². The number of benzene rings is 1. The number of urea groups is 1. The summed E-state index contributed by atoms with van der Waals surface area (Å²) in [4.78, 5) is 32.4. The van der Waals surface area contributed by atoms with E-state index in [1.807, 2.05) is 5.32 Å². The average molecular weight is 279 g/mol. The van der Waals surface area contributed by atoms with Gasteiger partial charge in [0.25, 0.3) is 11.6 Å². The third-order valence-corrected chi connectivity index (χ3v) is 2.54. The maximum Gasteiger partial charge on any atom is 0.326 e. The zero-order valence-corrected chi connectivity index (χ0v) is 10.2. The van der Waals surface area contributed by atoms with Crippen LogP contribution in [0.5, 0.6) is 11.5 Å². The van der Waals surface area contributed by atoms with Crippen molar-refractivity contribution in [2.45, 2.75) is 0 Å². The summed E-state index contributed by atoms with van der Waals surface area (Å²) in [6.07, 6.45) is 1.12. The predicted molar refractivity (Wildman–Crippen MR) is 66.0 cm³/mol. The summed E-state index contributed by atoms with van der Waals surface area (Å²) in [5, 5.41) is 24.8. The van der Waals surface area contributed by atoms with Gasteiger partial charge in [0.15, 0.2) is 11.5 Å². The first kappa shape index (κ1) is 13.3. The highest BCUT2D eigenvalue weighted by Crippen LogP contribution is 2.35. The fourth-order valence-electron chi connectivity index (χ4n) is 1.62. The molecule has 3 amide bonds. The van der Waals surface area contributed by atoms with E-state index < -0.39 is 16.9 Å². The van der Waals surface area contributed by atoms with E-state index in [0.29, 0.717) is 0 Å². The molecule has 1 aliphatic heterocycles. The van der Waals surface area contributed by atoms with Crippen molar-refractivity contribution in [1.82, 2.24) is 10.6 Å². The van der Waals surface area contributed by atoms with Crippen molar-refractivity contribution in [3.63, 3.8) is 0 Å². The maximum absolute atomic E-state index is 11.4. The molecule has 0 bridgehead atoms. The molecule has 1 fully saturated rings. The van der Waals surface area contributed by atoms with Gasteiger partial charge in [-0.1, -0.05) is 0 Å². The first-order chi connectivity index (χ1) is 9.42. The highest BCUT2D eigenvalue weighted by atomic mass is 16.6. The molecule has 0 atom stereocenters. The minimum atomic E-state index is -0.710. The number of nitrogens with zero attached hydrogens (tertiary/aromatic N) is 1. The van der Waals surface area contributed by atoms with Gasteiger partial charge < -0.3 is 15.2 Å². The molecule has 1 aliphatic rings. The molecule has 1 aromatic rings. The van der Waals surface area contributed by atoms with E-state index in [4.69, 9.17) is 4.74 Å². The Hall–Kier alpha value is -3.10. The number of non-ortho nitro benzene ring substituents is 1. The first-order valence-electron chi connectivity index (χ1n) is 5.32. The quantitative estimate of drug-likeness (QED) is 0.319. The molecule has 1 aromatic carbocycles. The van der Waals surface area contributed by atoms with Crippen LogP contribution in [0.15, 0.2) is 17.8 Å². The van der Waals surface area contributed by atoms with Crippen LogP contribution in [0.3, 0.4) is 0 Å². The van der Waals surface area contributed by atoms with Crippen molar-refractivity contribution in [2.24, 2.45) is 0 Å². The number of hydrogen-bond donors (Lipinski definition) is 3. The molecular weight excluding hydrogens is 270 g/mol. The second-order valence-electron chi connectivity index (χ2n) is 3.81. The standard InChI is InChI=1S/C11H9N3O6/c1-20-8-4-6(14(18)19)2-5(9(8)15)3-7-10(16)13-11(17)12-7/h2-4,15H,1H3,(H2,12,13,16,17)/b7-3+. The Morgan fingerprint density at radius 3 is 2.55 bits per heavy atom. The van der Waals surface area contributed by atoms with Crippen LogP contribution in [-0.2, 0) is 4.79 Å². The van der Waals surface area contributed by atoms with E-state index in [0.717, 1.165) is 18.2 Å². The highest BCUT2D eigenvalue weighted by Gasteiger charge is 2.24. The number of aromatic hydroxyl groups is 1. The summed E-state index contributed by atoms with van der Waals surface area (Å²) in [5.74, 6) is -1.18. The smallest absolute Gasteiger partial charge is 0.326 e. The van der Waals surface area contributed by atoms with Crippen molar-refractivity contribution >= 4 is 23.7 Å². The van der Waals surface area contributed by atoms with Gasteiger partial charge in [0.2, 0.25) is 0 Å². The molecule has 3 N–H and O–H groups in total. The summed E-state index contributed by atoms with van der Waals surface area (Å²) in [5.41, 5.74) is -0.479. The summed E-state index contributed by atoms with van der Waals surface area (Å²) < 4.78 is 4.82. The average Bonchev–Trinajstić information content (AvgIpc) is 2.70. The number of nitro groups is 1. The van der Waals surface area contributed by atoms with Gasteiger partial charge in [-0.05, 0) is 6.08 Å². The van der Waals surface area contributed by atoms with Gasteiger partial charge in [0.1, 0.15) is 5.70 Å². The number of phenolic OH excluding ortho intramolecular Hbond substituents is 1. The predicted octanol–water partition coefficient (Wildman–Crippen LogP) is 0.489. The Kier molecular flexibility index (Phi) is 3.25. The molecule has 0 aromatic heterocycles. The molecule has 0 spiro atoms. The summed E-state index contributed by atoms with van der Waals surface area (Å²) in [7, 11) is 1.24. The minimum absolute atomic E-state index is 0.0246. The van der Waals surface area contributed by atoms with Crippen molar-refractivity contribution < 1.29 is 24.4 Å². The second-order valence-corrected chi connectivity index (χ2v) is 3.81. The molecule has 9 nitrogen and oxygen atoms in total. The Balaban J connectivity index is 2.53. The summed E-state index contributed by atoms with van der Waals surface area (Å²) in [6, 6.07) is 1.39. The third-order valence-electron chi connectivity index (χ3n) is 2.54. The molecule has 2 rings (SSSR count). The van der Waals surface area contributed by atoms with Gasteiger partial charge in [-0.2, -0.15) is 0 Å². The lowest BCUT2D eigenvalue weighted by atomic mass is 10.1. The molecule has 20 heavy (non-hydrogen) atoms. The number of imide groups is 1. The molecular formula is C11H9N3O6. The van der Waals surface area contributed by atoms with E-state index in [1.54, 1.807) is 0 Å². The van der Waals surface area contributed by atoms with Crippen LogP contribution in [0, 0.1) is 10.1 Å². The number of carbonyl (C=O) groups is 2. The van der Waals surface area contributed by atoms with Gasteiger partial charge in [0, 0.05) is 11.6 Å². The molecule has 0 aliphatic carbocycles. The molecule has 1 heterocycles.